The first kappa shape index (κ1) is 21.0. The van der Waals surface area contributed by atoms with Crippen molar-refractivity contribution in [3.8, 4) is 0 Å². The number of nitrogens with zero attached hydrogens (tertiary/aromatic N) is 2. The van der Waals surface area contributed by atoms with Crippen LogP contribution in [0.4, 0.5) is 16.3 Å². The molecule has 0 unspecified atom stereocenters. The minimum atomic E-state index is -0.549. The van der Waals surface area contributed by atoms with Gasteiger partial charge in [-0.2, -0.15) is 0 Å². The minimum Gasteiger partial charge on any atom is -0.444 e. The Hall–Kier alpha value is -2.28. The van der Waals surface area contributed by atoms with Crippen LogP contribution in [0.1, 0.15) is 40.5 Å². The summed E-state index contributed by atoms with van der Waals surface area (Å²) >= 11 is 6.29. The van der Waals surface area contributed by atoms with Crippen LogP contribution < -0.4 is 15.5 Å². The Morgan fingerprint density at radius 2 is 2.11 bits per heavy atom. The fraction of sp³-hybridized carbons (Fsp3) is 0.526. The number of ether oxygens (including phenoxy) is 1. The standard InChI is InChI=1S/C19H27ClN4O3/c1-12(2)17(25)23-15-14(20)8-9-21-16(15)24-10-6-7-13(11-24)22-18(26)27-19(3,4)5/h8-9,13H,1,6-7,10-11H2,2-5H3,(H,22,26)(H,23,25)/t13-/m1/s1. The van der Waals surface area contributed by atoms with E-state index in [9.17, 15) is 9.59 Å². The fourth-order valence-corrected chi connectivity index (χ4v) is 2.95. The predicted octanol–water partition coefficient (Wildman–Crippen LogP) is 3.74. The Morgan fingerprint density at radius 3 is 2.74 bits per heavy atom. The van der Waals surface area contributed by atoms with E-state index in [0.29, 0.717) is 28.6 Å². The van der Waals surface area contributed by atoms with E-state index in [4.69, 9.17) is 16.3 Å². The predicted molar refractivity (Wildman–Crippen MR) is 107 cm³/mol. The van der Waals surface area contributed by atoms with Gasteiger partial charge < -0.3 is 20.3 Å². The summed E-state index contributed by atoms with van der Waals surface area (Å²) < 4.78 is 5.33. The summed E-state index contributed by atoms with van der Waals surface area (Å²) in [7, 11) is 0. The van der Waals surface area contributed by atoms with E-state index in [1.807, 2.05) is 25.7 Å². The highest BCUT2D eigenvalue weighted by atomic mass is 35.5. The van der Waals surface area contributed by atoms with Gasteiger partial charge in [0.25, 0.3) is 5.91 Å². The van der Waals surface area contributed by atoms with Crippen LogP contribution in [0.3, 0.4) is 0 Å². The highest BCUT2D eigenvalue weighted by molar-refractivity contribution is 6.34. The molecule has 0 radical (unpaired) electrons. The number of rotatable bonds is 4. The third-order valence-electron chi connectivity index (χ3n) is 3.95. The number of hydrogen-bond acceptors (Lipinski definition) is 5. The normalized spacial score (nSPS) is 17.2. The maximum absolute atomic E-state index is 12.1. The molecule has 0 saturated carbocycles. The highest BCUT2D eigenvalue weighted by Gasteiger charge is 2.27. The lowest BCUT2D eigenvalue weighted by Gasteiger charge is -2.35. The highest BCUT2D eigenvalue weighted by Crippen LogP contribution is 2.32. The monoisotopic (exact) mass is 394 g/mol. The Kier molecular flexibility index (Phi) is 6.70. The molecule has 148 valence electrons. The first-order valence-electron chi connectivity index (χ1n) is 8.92. The van der Waals surface area contributed by atoms with E-state index < -0.39 is 11.7 Å². The van der Waals surface area contributed by atoms with Crippen molar-refractivity contribution in [1.82, 2.24) is 10.3 Å². The van der Waals surface area contributed by atoms with E-state index in [-0.39, 0.29) is 11.9 Å². The quantitative estimate of drug-likeness (QED) is 0.760. The molecule has 2 N–H and O–H groups in total. The molecular weight excluding hydrogens is 368 g/mol. The van der Waals surface area contributed by atoms with Crippen LogP contribution in [0.5, 0.6) is 0 Å². The van der Waals surface area contributed by atoms with E-state index in [1.165, 1.54) is 0 Å². The zero-order chi connectivity index (χ0) is 20.2. The van der Waals surface area contributed by atoms with Crippen molar-refractivity contribution in [2.75, 3.05) is 23.3 Å². The summed E-state index contributed by atoms with van der Waals surface area (Å²) in [6.45, 7) is 12.0. The molecule has 1 aromatic heterocycles. The van der Waals surface area contributed by atoms with Gasteiger partial charge in [0.15, 0.2) is 5.82 Å². The largest absolute Gasteiger partial charge is 0.444 e. The number of aromatic nitrogens is 1. The number of carbonyl (C=O) groups is 2. The number of pyridine rings is 1. The molecule has 2 heterocycles. The SMILES string of the molecule is C=C(C)C(=O)Nc1c(Cl)ccnc1N1CCC[C@@H](NC(=O)OC(C)(C)C)C1. The molecule has 0 aromatic carbocycles. The average molecular weight is 395 g/mol. The third kappa shape index (κ3) is 6.13. The number of piperidine rings is 1. The smallest absolute Gasteiger partial charge is 0.407 e. The van der Waals surface area contributed by atoms with Crippen LogP contribution in [-0.2, 0) is 9.53 Å². The lowest BCUT2D eigenvalue weighted by Crippen LogP contribution is -2.49. The lowest BCUT2D eigenvalue weighted by atomic mass is 10.1. The molecule has 1 atom stereocenters. The van der Waals surface area contributed by atoms with Crippen molar-refractivity contribution < 1.29 is 14.3 Å². The number of anilines is 2. The molecule has 0 aliphatic carbocycles. The van der Waals surface area contributed by atoms with Crippen molar-refractivity contribution >= 4 is 35.1 Å². The zero-order valence-corrected chi connectivity index (χ0v) is 17.0. The Bertz CT molecular complexity index is 730. The summed E-state index contributed by atoms with van der Waals surface area (Å²) in [5.74, 6) is 0.263. The van der Waals surface area contributed by atoms with Crippen LogP contribution in [0, 0.1) is 0 Å². The number of carbonyl (C=O) groups excluding carboxylic acids is 2. The van der Waals surface area contributed by atoms with Gasteiger partial charge in [-0.15, -0.1) is 0 Å². The van der Waals surface area contributed by atoms with Crippen LogP contribution in [-0.4, -0.2) is 41.7 Å². The summed E-state index contributed by atoms with van der Waals surface area (Å²) in [6, 6.07) is 1.54. The summed E-state index contributed by atoms with van der Waals surface area (Å²) in [5.41, 5.74) is 0.279. The van der Waals surface area contributed by atoms with Crippen molar-refractivity contribution in [3.63, 3.8) is 0 Å². The summed E-state index contributed by atoms with van der Waals surface area (Å²) in [5, 5.41) is 6.08. The topological polar surface area (TPSA) is 83.6 Å². The number of halogens is 1. The van der Waals surface area contributed by atoms with Gasteiger partial charge in [0.1, 0.15) is 11.3 Å². The maximum atomic E-state index is 12.1. The molecule has 8 heteroatoms. The molecule has 27 heavy (non-hydrogen) atoms. The molecule has 2 rings (SSSR count). The second kappa shape index (κ2) is 8.61. The average Bonchev–Trinajstić information content (AvgIpc) is 2.54. The molecule has 1 aliphatic rings. The van der Waals surface area contributed by atoms with Gasteiger partial charge in [0.2, 0.25) is 0 Å². The number of hydrogen-bond donors (Lipinski definition) is 2. The van der Waals surface area contributed by atoms with Crippen molar-refractivity contribution in [3.05, 3.63) is 29.4 Å². The van der Waals surface area contributed by atoms with E-state index >= 15 is 0 Å². The van der Waals surface area contributed by atoms with Crippen molar-refractivity contribution in [2.24, 2.45) is 0 Å². The molecule has 2 amide bonds. The minimum absolute atomic E-state index is 0.0842. The van der Waals surface area contributed by atoms with Gasteiger partial charge in [-0.05, 0) is 46.6 Å². The zero-order valence-electron chi connectivity index (χ0n) is 16.3. The van der Waals surface area contributed by atoms with E-state index in [0.717, 1.165) is 19.4 Å². The first-order valence-corrected chi connectivity index (χ1v) is 9.30. The van der Waals surface area contributed by atoms with Crippen LogP contribution in [0.25, 0.3) is 0 Å². The molecule has 1 aromatic rings. The van der Waals surface area contributed by atoms with Gasteiger partial charge in [-0.1, -0.05) is 18.2 Å². The molecule has 0 spiro atoms. The number of nitrogens with one attached hydrogen (secondary N) is 2. The number of alkyl carbamates (subject to hydrolysis) is 1. The van der Waals surface area contributed by atoms with Gasteiger partial charge in [-0.25, -0.2) is 9.78 Å². The second-order valence-electron chi connectivity index (χ2n) is 7.66. The first-order chi connectivity index (χ1) is 12.6. The van der Waals surface area contributed by atoms with E-state index in [2.05, 4.69) is 22.2 Å². The Morgan fingerprint density at radius 1 is 1.41 bits per heavy atom. The fourth-order valence-electron chi connectivity index (χ4n) is 2.77. The van der Waals surface area contributed by atoms with E-state index in [1.54, 1.807) is 19.2 Å². The molecule has 1 aliphatic heterocycles. The van der Waals surface area contributed by atoms with Gasteiger partial charge in [0, 0.05) is 30.9 Å². The Balaban J connectivity index is 2.14. The Labute approximate surface area is 165 Å². The van der Waals surface area contributed by atoms with Gasteiger partial charge >= 0.3 is 6.09 Å². The molecular formula is C19H27ClN4O3. The molecule has 1 fully saturated rings. The molecule has 0 bridgehead atoms. The molecule has 1 saturated heterocycles. The second-order valence-corrected chi connectivity index (χ2v) is 8.06. The van der Waals surface area contributed by atoms with Gasteiger partial charge in [-0.3, -0.25) is 4.79 Å². The van der Waals surface area contributed by atoms with Crippen LogP contribution in [0.2, 0.25) is 5.02 Å². The van der Waals surface area contributed by atoms with Crippen molar-refractivity contribution in [1.29, 1.82) is 0 Å². The summed E-state index contributed by atoms with van der Waals surface area (Å²) in [4.78, 5) is 30.5. The third-order valence-corrected chi connectivity index (χ3v) is 4.26. The van der Waals surface area contributed by atoms with Crippen molar-refractivity contribution in [2.45, 2.75) is 52.2 Å². The van der Waals surface area contributed by atoms with Gasteiger partial charge in [0.05, 0.1) is 5.02 Å². The van der Waals surface area contributed by atoms with Crippen LogP contribution in [0.15, 0.2) is 24.4 Å². The lowest BCUT2D eigenvalue weighted by molar-refractivity contribution is -0.112. The summed E-state index contributed by atoms with van der Waals surface area (Å²) in [6.07, 6.45) is 2.86. The molecule has 7 nitrogen and oxygen atoms in total. The maximum Gasteiger partial charge on any atom is 0.407 e. The van der Waals surface area contributed by atoms with Crippen LogP contribution >= 0.6 is 11.6 Å². The number of amides is 2.